The van der Waals surface area contributed by atoms with E-state index in [9.17, 15) is 9.59 Å². The van der Waals surface area contributed by atoms with Gasteiger partial charge in [-0.05, 0) is 12.1 Å². The van der Waals surface area contributed by atoms with Crippen LogP contribution in [0.1, 0.15) is 12.0 Å². The van der Waals surface area contributed by atoms with Crippen LogP contribution in [0, 0.1) is 11.3 Å². The van der Waals surface area contributed by atoms with E-state index in [1.54, 1.807) is 24.3 Å². The fraction of sp³-hybridized carbons (Fsp3) is 0.308. The summed E-state index contributed by atoms with van der Waals surface area (Å²) < 4.78 is 14.7. The van der Waals surface area contributed by atoms with Gasteiger partial charge in [-0.15, -0.1) is 0 Å². The van der Waals surface area contributed by atoms with Crippen molar-refractivity contribution in [3.05, 3.63) is 29.8 Å². The number of nitriles is 1. The summed E-state index contributed by atoms with van der Waals surface area (Å²) in [5, 5.41) is 8.84. The molecule has 0 aliphatic carbocycles. The fourth-order valence-corrected chi connectivity index (χ4v) is 1.60. The second-order valence-electron chi connectivity index (χ2n) is 3.83. The van der Waals surface area contributed by atoms with Gasteiger partial charge in [-0.1, -0.05) is 12.1 Å². The van der Waals surface area contributed by atoms with E-state index < -0.39 is 18.0 Å². The molecule has 1 aromatic rings. The van der Waals surface area contributed by atoms with Crippen molar-refractivity contribution in [3.8, 4) is 11.8 Å². The van der Waals surface area contributed by atoms with Crippen LogP contribution in [0.5, 0.6) is 5.75 Å². The van der Waals surface area contributed by atoms with Crippen molar-refractivity contribution in [2.24, 2.45) is 0 Å². The first kappa shape index (κ1) is 12.9. The standard InChI is InChI=1S/C13H11NO5/c14-7-9-3-1-2-4-10(9)18-8-12(15)19-11-5-6-17-13(11)16/h1-4,11H,5-6,8H2/t11-/m1/s1. The van der Waals surface area contributed by atoms with Crippen LogP contribution in [0.15, 0.2) is 24.3 Å². The molecular formula is C13H11NO5. The number of hydrogen-bond acceptors (Lipinski definition) is 6. The van der Waals surface area contributed by atoms with Gasteiger partial charge in [-0.2, -0.15) is 5.26 Å². The molecule has 2 rings (SSSR count). The molecule has 6 heteroatoms. The van der Waals surface area contributed by atoms with E-state index in [2.05, 4.69) is 4.74 Å². The number of benzene rings is 1. The predicted octanol–water partition coefficient (Wildman–Crippen LogP) is 0.796. The minimum atomic E-state index is -0.845. The van der Waals surface area contributed by atoms with Crippen LogP contribution in [0.25, 0.3) is 0 Å². The fourth-order valence-electron chi connectivity index (χ4n) is 1.60. The van der Waals surface area contributed by atoms with Crippen molar-refractivity contribution in [2.45, 2.75) is 12.5 Å². The molecule has 0 aromatic heterocycles. The molecular weight excluding hydrogens is 250 g/mol. The van der Waals surface area contributed by atoms with E-state index >= 15 is 0 Å². The second-order valence-corrected chi connectivity index (χ2v) is 3.83. The molecule has 0 bridgehead atoms. The van der Waals surface area contributed by atoms with Crippen molar-refractivity contribution >= 4 is 11.9 Å². The summed E-state index contributed by atoms with van der Waals surface area (Å²) in [5.74, 6) is -0.904. The van der Waals surface area contributed by atoms with Gasteiger partial charge < -0.3 is 14.2 Å². The molecule has 0 N–H and O–H groups in total. The highest BCUT2D eigenvalue weighted by molar-refractivity contribution is 5.81. The predicted molar refractivity (Wildman–Crippen MR) is 62.1 cm³/mol. The summed E-state index contributed by atoms with van der Waals surface area (Å²) in [7, 11) is 0. The molecule has 1 saturated heterocycles. The van der Waals surface area contributed by atoms with Crippen molar-refractivity contribution in [2.75, 3.05) is 13.2 Å². The number of hydrogen-bond donors (Lipinski definition) is 0. The van der Waals surface area contributed by atoms with Crippen LogP contribution in [0.3, 0.4) is 0 Å². The first-order valence-electron chi connectivity index (χ1n) is 5.69. The molecule has 1 heterocycles. The van der Waals surface area contributed by atoms with Gasteiger partial charge in [0, 0.05) is 6.42 Å². The van der Waals surface area contributed by atoms with E-state index in [1.807, 2.05) is 6.07 Å². The van der Waals surface area contributed by atoms with Gasteiger partial charge in [-0.3, -0.25) is 0 Å². The molecule has 1 aliphatic heterocycles. The Morgan fingerprint density at radius 2 is 2.26 bits per heavy atom. The molecule has 1 atom stereocenters. The Kier molecular flexibility index (Phi) is 3.98. The summed E-state index contributed by atoms with van der Waals surface area (Å²) in [5.41, 5.74) is 0.329. The van der Waals surface area contributed by atoms with Crippen LogP contribution in [0.2, 0.25) is 0 Å². The van der Waals surface area contributed by atoms with Gasteiger partial charge >= 0.3 is 11.9 Å². The minimum Gasteiger partial charge on any atom is -0.481 e. The Bertz CT molecular complexity index is 534. The average Bonchev–Trinajstić information content (AvgIpc) is 2.82. The van der Waals surface area contributed by atoms with Crippen molar-refractivity contribution in [1.29, 1.82) is 5.26 Å². The SMILES string of the molecule is N#Cc1ccccc1OCC(=O)O[C@@H]1CCOC1=O. The molecule has 0 saturated carbocycles. The number of rotatable bonds is 4. The van der Waals surface area contributed by atoms with Crippen molar-refractivity contribution in [3.63, 3.8) is 0 Å². The van der Waals surface area contributed by atoms with Crippen molar-refractivity contribution < 1.29 is 23.8 Å². The van der Waals surface area contributed by atoms with Gasteiger partial charge in [0.25, 0.3) is 0 Å². The van der Waals surface area contributed by atoms with E-state index in [4.69, 9.17) is 14.7 Å². The van der Waals surface area contributed by atoms with Crippen molar-refractivity contribution in [1.82, 2.24) is 0 Å². The normalized spacial score (nSPS) is 17.4. The third-order valence-electron chi connectivity index (χ3n) is 2.51. The maximum absolute atomic E-state index is 11.5. The van der Waals surface area contributed by atoms with Gasteiger partial charge in [-0.25, -0.2) is 9.59 Å². The first-order valence-corrected chi connectivity index (χ1v) is 5.69. The Hall–Kier alpha value is -2.55. The Labute approximate surface area is 109 Å². The van der Waals surface area contributed by atoms with E-state index in [0.29, 0.717) is 17.7 Å². The number of carbonyl (C=O) groups excluding carboxylic acids is 2. The van der Waals surface area contributed by atoms with E-state index in [-0.39, 0.29) is 13.2 Å². The van der Waals surface area contributed by atoms with E-state index in [1.165, 1.54) is 0 Å². The van der Waals surface area contributed by atoms with Crippen LogP contribution >= 0.6 is 0 Å². The summed E-state index contributed by atoms with van der Waals surface area (Å²) >= 11 is 0. The van der Waals surface area contributed by atoms with Gasteiger partial charge in [0.1, 0.15) is 11.8 Å². The Morgan fingerprint density at radius 3 is 2.95 bits per heavy atom. The molecule has 98 valence electrons. The lowest BCUT2D eigenvalue weighted by Gasteiger charge is -2.10. The van der Waals surface area contributed by atoms with E-state index in [0.717, 1.165) is 0 Å². The van der Waals surface area contributed by atoms with Gasteiger partial charge in [0.15, 0.2) is 6.61 Å². The number of para-hydroxylation sites is 1. The first-order chi connectivity index (χ1) is 9.20. The minimum absolute atomic E-state index is 0.259. The Morgan fingerprint density at radius 1 is 1.47 bits per heavy atom. The molecule has 19 heavy (non-hydrogen) atoms. The highest BCUT2D eigenvalue weighted by Crippen LogP contribution is 2.17. The molecule has 6 nitrogen and oxygen atoms in total. The topological polar surface area (TPSA) is 85.6 Å². The zero-order valence-corrected chi connectivity index (χ0v) is 10.00. The zero-order valence-electron chi connectivity index (χ0n) is 10.00. The Balaban J connectivity index is 1.87. The van der Waals surface area contributed by atoms with Crippen LogP contribution in [0.4, 0.5) is 0 Å². The third kappa shape index (κ3) is 3.22. The van der Waals surface area contributed by atoms with Gasteiger partial charge in [0.05, 0.1) is 12.2 Å². The molecule has 1 aromatic carbocycles. The average molecular weight is 261 g/mol. The number of nitrogens with zero attached hydrogens (tertiary/aromatic N) is 1. The lowest BCUT2D eigenvalue weighted by molar-refractivity contribution is -0.161. The number of cyclic esters (lactones) is 1. The summed E-state index contributed by atoms with van der Waals surface area (Å²) in [6.07, 6.45) is -0.485. The molecule has 0 unspecified atom stereocenters. The maximum Gasteiger partial charge on any atom is 0.347 e. The lowest BCUT2D eigenvalue weighted by atomic mass is 10.2. The summed E-state index contributed by atoms with van der Waals surface area (Å²) in [6, 6.07) is 8.49. The third-order valence-corrected chi connectivity index (χ3v) is 2.51. The number of ether oxygens (including phenoxy) is 3. The van der Waals surface area contributed by atoms with Crippen LogP contribution in [-0.4, -0.2) is 31.3 Å². The van der Waals surface area contributed by atoms with Crippen LogP contribution < -0.4 is 4.74 Å². The molecule has 1 fully saturated rings. The smallest absolute Gasteiger partial charge is 0.347 e. The lowest BCUT2D eigenvalue weighted by Crippen LogP contribution is -2.26. The quantitative estimate of drug-likeness (QED) is 0.745. The second kappa shape index (κ2) is 5.87. The number of carbonyl (C=O) groups is 2. The molecule has 0 amide bonds. The maximum atomic E-state index is 11.5. The highest BCUT2D eigenvalue weighted by atomic mass is 16.6. The number of esters is 2. The zero-order chi connectivity index (χ0) is 13.7. The summed E-state index contributed by atoms with van der Waals surface area (Å²) in [6.45, 7) is -0.0998. The van der Waals surface area contributed by atoms with Crippen LogP contribution in [-0.2, 0) is 19.1 Å². The highest BCUT2D eigenvalue weighted by Gasteiger charge is 2.30. The largest absolute Gasteiger partial charge is 0.481 e. The summed E-state index contributed by atoms with van der Waals surface area (Å²) in [4.78, 5) is 22.6. The molecule has 0 radical (unpaired) electrons. The molecule has 0 spiro atoms. The molecule has 1 aliphatic rings. The van der Waals surface area contributed by atoms with Gasteiger partial charge in [0.2, 0.25) is 6.10 Å². The monoisotopic (exact) mass is 261 g/mol.